The summed E-state index contributed by atoms with van der Waals surface area (Å²) in [6.45, 7) is 3.35. The average molecular weight is 282 g/mol. The SMILES string of the molecule is Cc1ccc(Cl)cc1C(=O)NC(C)(C(=O)O)C1CC1. The van der Waals surface area contributed by atoms with E-state index in [4.69, 9.17) is 11.6 Å². The lowest BCUT2D eigenvalue weighted by atomic mass is 9.95. The Kier molecular flexibility index (Phi) is 3.54. The summed E-state index contributed by atoms with van der Waals surface area (Å²) in [5.41, 5.74) is -0.0164. The number of nitrogens with one attached hydrogen (secondary N) is 1. The molecule has 1 atom stereocenters. The predicted octanol–water partition coefficient (Wildman–Crippen LogP) is 2.63. The maximum absolute atomic E-state index is 12.2. The third kappa shape index (κ3) is 2.73. The number of rotatable bonds is 4. The van der Waals surface area contributed by atoms with Gasteiger partial charge < -0.3 is 10.4 Å². The van der Waals surface area contributed by atoms with Gasteiger partial charge in [-0.2, -0.15) is 0 Å². The molecule has 0 aliphatic heterocycles. The maximum Gasteiger partial charge on any atom is 0.329 e. The highest BCUT2D eigenvalue weighted by molar-refractivity contribution is 6.31. The standard InChI is InChI=1S/C14H16ClNO3/c1-8-3-6-10(15)7-11(8)12(17)16-14(2,13(18)19)9-4-5-9/h3,6-7,9H,4-5H2,1-2H3,(H,16,17)(H,18,19). The van der Waals surface area contributed by atoms with Crippen LogP contribution in [0.3, 0.4) is 0 Å². The molecule has 0 spiro atoms. The predicted molar refractivity (Wildman–Crippen MR) is 72.4 cm³/mol. The number of carboxylic acids is 1. The molecular weight excluding hydrogens is 266 g/mol. The van der Waals surface area contributed by atoms with E-state index in [2.05, 4.69) is 5.32 Å². The summed E-state index contributed by atoms with van der Waals surface area (Å²) in [6.07, 6.45) is 1.66. The molecule has 2 rings (SSSR count). The molecular formula is C14H16ClNO3. The number of carbonyl (C=O) groups excluding carboxylic acids is 1. The van der Waals surface area contributed by atoms with Gasteiger partial charge in [-0.3, -0.25) is 4.79 Å². The Labute approximate surface area is 116 Å². The van der Waals surface area contributed by atoms with Crippen molar-refractivity contribution < 1.29 is 14.7 Å². The Morgan fingerprint density at radius 3 is 2.58 bits per heavy atom. The fourth-order valence-electron chi connectivity index (χ4n) is 2.13. The lowest BCUT2D eigenvalue weighted by molar-refractivity contribution is -0.144. The molecule has 1 amide bonds. The first-order chi connectivity index (χ1) is 8.84. The number of aryl methyl sites for hydroxylation is 1. The lowest BCUT2D eigenvalue weighted by Gasteiger charge is -2.26. The lowest BCUT2D eigenvalue weighted by Crippen LogP contribution is -2.54. The molecule has 0 radical (unpaired) electrons. The van der Waals surface area contributed by atoms with Crippen molar-refractivity contribution in [3.05, 3.63) is 34.3 Å². The number of aliphatic carboxylic acids is 1. The van der Waals surface area contributed by atoms with Crippen molar-refractivity contribution in [1.29, 1.82) is 0 Å². The molecule has 1 aromatic rings. The summed E-state index contributed by atoms with van der Waals surface area (Å²) in [5.74, 6) is -1.38. The van der Waals surface area contributed by atoms with Crippen LogP contribution in [0.15, 0.2) is 18.2 Å². The number of hydrogen-bond donors (Lipinski definition) is 2. The largest absolute Gasteiger partial charge is 0.480 e. The highest BCUT2D eigenvalue weighted by Gasteiger charge is 2.48. The van der Waals surface area contributed by atoms with E-state index in [1.54, 1.807) is 32.0 Å². The van der Waals surface area contributed by atoms with E-state index >= 15 is 0 Å². The van der Waals surface area contributed by atoms with Crippen molar-refractivity contribution in [1.82, 2.24) is 5.32 Å². The summed E-state index contributed by atoms with van der Waals surface area (Å²) >= 11 is 5.87. The van der Waals surface area contributed by atoms with E-state index in [-0.39, 0.29) is 5.92 Å². The minimum atomic E-state index is -1.20. The van der Waals surface area contributed by atoms with Crippen molar-refractivity contribution in [2.45, 2.75) is 32.2 Å². The van der Waals surface area contributed by atoms with Crippen molar-refractivity contribution >= 4 is 23.5 Å². The summed E-state index contributed by atoms with van der Waals surface area (Å²) in [4.78, 5) is 23.6. The fourth-order valence-corrected chi connectivity index (χ4v) is 2.30. The molecule has 1 aliphatic rings. The van der Waals surface area contributed by atoms with Crippen LogP contribution in [0.2, 0.25) is 5.02 Å². The van der Waals surface area contributed by atoms with E-state index in [9.17, 15) is 14.7 Å². The van der Waals surface area contributed by atoms with Crippen LogP contribution < -0.4 is 5.32 Å². The molecule has 102 valence electrons. The van der Waals surface area contributed by atoms with Gasteiger partial charge in [-0.1, -0.05) is 17.7 Å². The third-order valence-electron chi connectivity index (χ3n) is 3.66. The van der Waals surface area contributed by atoms with E-state index in [0.717, 1.165) is 18.4 Å². The summed E-state index contributed by atoms with van der Waals surface area (Å²) in [5, 5.41) is 12.4. The van der Waals surface area contributed by atoms with Gasteiger partial charge >= 0.3 is 5.97 Å². The Morgan fingerprint density at radius 1 is 1.42 bits per heavy atom. The van der Waals surface area contributed by atoms with Gasteiger partial charge in [0.2, 0.25) is 0 Å². The average Bonchev–Trinajstić information content (AvgIpc) is 3.16. The van der Waals surface area contributed by atoms with Gasteiger partial charge in [-0.05, 0) is 50.3 Å². The first-order valence-corrected chi connectivity index (χ1v) is 6.54. The second-order valence-corrected chi connectivity index (χ2v) is 5.63. The molecule has 0 heterocycles. The van der Waals surface area contributed by atoms with E-state index in [1.807, 2.05) is 0 Å². The van der Waals surface area contributed by atoms with Gasteiger partial charge in [-0.15, -0.1) is 0 Å². The zero-order chi connectivity index (χ0) is 14.2. The van der Waals surface area contributed by atoms with Crippen LogP contribution in [0.1, 0.15) is 35.7 Å². The molecule has 4 nitrogen and oxygen atoms in total. The van der Waals surface area contributed by atoms with Gasteiger partial charge in [0, 0.05) is 10.6 Å². The van der Waals surface area contributed by atoms with Crippen LogP contribution in [0.4, 0.5) is 0 Å². The minimum Gasteiger partial charge on any atom is -0.480 e. The van der Waals surface area contributed by atoms with Gasteiger partial charge in [0.25, 0.3) is 5.91 Å². The zero-order valence-corrected chi connectivity index (χ0v) is 11.6. The van der Waals surface area contributed by atoms with Gasteiger partial charge in [-0.25, -0.2) is 4.79 Å². The molecule has 0 saturated heterocycles. The Morgan fingerprint density at radius 2 is 2.05 bits per heavy atom. The summed E-state index contributed by atoms with van der Waals surface area (Å²) in [7, 11) is 0. The van der Waals surface area contributed by atoms with Gasteiger partial charge in [0.15, 0.2) is 0 Å². The number of halogens is 1. The monoisotopic (exact) mass is 281 g/mol. The quantitative estimate of drug-likeness (QED) is 0.891. The molecule has 2 N–H and O–H groups in total. The van der Waals surface area contributed by atoms with E-state index < -0.39 is 17.4 Å². The molecule has 0 bridgehead atoms. The second-order valence-electron chi connectivity index (χ2n) is 5.20. The van der Waals surface area contributed by atoms with Crippen LogP contribution in [0.25, 0.3) is 0 Å². The Hall–Kier alpha value is -1.55. The fraction of sp³-hybridized carbons (Fsp3) is 0.429. The molecule has 1 fully saturated rings. The topological polar surface area (TPSA) is 66.4 Å². The molecule has 5 heteroatoms. The van der Waals surface area contributed by atoms with Gasteiger partial charge in [0.05, 0.1) is 0 Å². The van der Waals surface area contributed by atoms with Crippen LogP contribution in [0, 0.1) is 12.8 Å². The number of carboxylic acid groups (broad SMARTS) is 1. The molecule has 19 heavy (non-hydrogen) atoms. The van der Waals surface area contributed by atoms with Crippen molar-refractivity contribution in [2.75, 3.05) is 0 Å². The number of amides is 1. The first kappa shape index (κ1) is 13.9. The summed E-state index contributed by atoms with van der Waals surface area (Å²) in [6, 6.07) is 5.00. The molecule has 1 saturated carbocycles. The second kappa shape index (κ2) is 4.85. The number of carbonyl (C=O) groups is 2. The third-order valence-corrected chi connectivity index (χ3v) is 3.89. The Balaban J connectivity index is 2.25. The molecule has 1 aliphatic carbocycles. The first-order valence-electron chi connectivity index (χ1n) is 6.16. The normalized spacial score (nSPS) is 17.6. The summed E-state index contributed by atoms with van der Waals surface area (Å²) < 4.78 is 0. The highest BCUT2D eigenvalue weighted by Crippen LogP contribution is 2.40. The zero-order valence-electron chi connectivity index (χ0n) is 10.9. The molecule has 1 aromatic carbocycles. The smallest absolute Gasteiger partial charge is 0.329 e. The Bertz CT molecular complexity index is 539. The molecule has 0 aromatic heterocycles. The highest BCUT2D eigenvalue weighted by atomic mass is 35.5. The van der Waals surface area contributed by atoms with Crippen LogP contribution in [-0.2, 0) is 4.79 Å². The van der Waals surface area contributed by atoms with Gasteiger partial charge in [0.1, 0.15) is 5.54 Å². The van der Waals surface area contributed by atoms with E-state index in [1.165, 1.54) is 0 Å². The van der Waals surface area contributed by atoms with Crippen molar-refractivity contribution in [2.24, 2.45) is 5.92 Å². The van der Waals surface area contributed by atoms with E-state index in [0.29, 0.717) is 10.6 Å². The van der Waals surface area contributed by atoms with Crippen molar-refractivity contribution in [3.63, 3.8) is 0 Å². The van der Waals surface area contributed by atoms with Crippen LogP contribution >= 0.6 is 11.6 Å². The van der Waals surface area contributed by atoms with Crippen LogP contribution in [0.5, 0.6) is 0 Å². The maximum atomic E-state index is 12.2. The van der Waals surface area contributed by atoms with Crippen molar-refractivity contribution in [3.8, 4) is 0 Å². The number of benzene rings is 1. The molecule has 1 unspecified atom stereocenters. The minimum absolute atomic E-state index is 0.00782. The number of hydrogen-bond acceptors (Lipinski definition) is 2. The van der Waals surface area contributed by atoms with Crippen LogP contribution in [-0.4, -0.2) is 22.5 Å².